The summed E-state index contributed by atoms with van der Waals surface area (Å²) in [5.41, 5.74) is 11.3. The van der Waals surface area contributed by atoms with Gasteiger partial charge in [-0.2, -0.15) is 5.10 Å². The predicted molar refractivity (Wildman–Crippen MR) is 123 cm³/mol. The van der Waals surface area contributed by atoms with Gasteiger partial charge in [0.15, 0.2) is 0 Å². The Morgan fingerprint density at radius 3 is 2.59 bits per heavy atom. The van der Waals surface area contributed by atoms with Crippen molar-refractivity contribution < 1.29 is 14.6 Å². The third kappa shape index (κ3) is 5.64. The normalized spacial score (nSPS) is 18.0. The molecule has 0 aromatic heterocycles. The summed E-state index contributed by atoms with van der Waals surface area (Å²) < 4.78 is 5.82. The van der Waals surface area contributed by atoms with Gasteiger partial charge in [0.25, 0.3) is 5.91 Å². The van der Waals surface area contributed by atoms with Crippen LogP contribution in [0, 0.1) is 0 Å². The highest BCUT2D eigenvalue weighted by Crippen LogP contribution is 2.25. The molecule has 4 rings (SSSR count). The molecular weight excluding hydrogens is 428 g/mol. The summed E-state index contributed by atoms with van der Waals surface area (Å²) in [5.74, 6) is 0.615. The van der Waals surface area contributed by atoms with Crippen molar-refractivity contribution in [2.75, 3.05) is 0 Å². The minimum Gasteiger partial charge on any atom is -0.507 e. The molecule has 3 aromatic rings. The maximum absolute atomic E-state index is 12.4. The molecule has 0 radical (unpaired) electrons. The number of amides is 1. The first-order valence-corrected chi connectivity index (χ1v) is 10.6. The first-order valence-electron chi connectivity index (χ1n) is 10.2. The Bertz CT molecular complexity index is 1090. The van der Waals surface area contributed by atoms with Gasteiger partial charge in [-0.1, -0.05) is 48.0 Å². The Kier molecular flexibility index (Phi) is 7.01. The van der Waals surface area contributed by atoms with E-state index in [2.05, 4.69) is 21.4 Å². The molecule has 4 N–H and O–H groups in total. The molecule has 0 saturated carbocycles. The zero-order valence-electron chi connectivity index (χ0n) is 17.2. The summed E-state index contributed by atoms with van der Waals surface area (Å²) in [5, 5.41) is 14.4. The number of ether oxygens (including phenoxy) is 1. The fourth-order valence-electron chi connectivity index (χ4n) is 3.33. The van der Waals surface area contributed by atoms with Gasteiger partial charge in [0.1, 0.15) is 24.1 Å². The van der Waals surface area contributed by atoms with E-state index in [0.717, 1.165) is 16.9 Å². The summed E-state index contributed by atoms with van der Waals surface area (Å²) in [6.45, 7) is 0.462. The van der Waals surface area contributed by atoms with Crippen LogP contribution in [0.1, 0.15) is 29.2 Å². The lowest BCUT2D eigenvalue weighted by atomic mass is 10.0. The van der Waals surface area contributed by atoms with Crippen LogP contribution in [-0.2, 0) is 11.4 Å². The van der Waals surface area contributed by atoms with Crippen LogP contribution >= 0.6 is 11.6 Å². The van der Waals surface area contributed by atoms with Crippen LogP contribution in [0.3, 0.4) is 0 Å². The molecule has 164 valence electrons. The summed E-state index contributed by atoms with van der Waals surface area (Å²) in [6, 6.07) is 21.7. The van der Waals surface area contributed by atoms with Crippen molar-refractivity contribution in [3.63, 3.8) is 0 Å². The van der Waals surface area contributed by atoms with E-state index in [0.29, 0.717) is 23.6 Å². The molecule has 1 heterocycles. The lowest BCUT2D eigenvalue weighted by molar-refractivity contribution is -0.122. The number of halogens is 1. The second kappa shape index (κ2) is 10.3. The molecule has 0 aliphatic carbocycles. The smallest absolute Gasteiger partial charge is 0.258 e. The van der Waals surface area contributed by atoms with Crippen LogP contribution in [-0.4, -0.2) is 23.3 Å². The maximum atomic E-state index is 12.4. The summed E-state index contributed by atoms with van der Waals surface area (Å²) in [4.78, 5) is 12.4. The fourth-order valence-corrected chi connectivity index (χ4v) is 3.46. The first-order chi connectivity index (χ1) is 15.6. The molecule has 0 bridgehead atoms. The van der Waals surface area contributed by atoms with Gasteiger partial charge < -0.3 is 9.84 Å². The van der Waals surface area contributed by atoms with Crippen molar-refractivity contribution in [2.45, 2.75) is 25.1 Å². The molecule has 8 heteroatoms. The van der Waals surface area contributed by atoms with Crippen molar-refractivity contribution in [1.82, 2.24) is 16.3 Å². The van der Waals surface area contributed by atoms with E-state index in [-0.39, 0.29) is 17.7 Å². The molecule has 32 heavy (non-hydrogen) atoms. The molecule has 2 atom stereocenters. The van der Waals surface area contributed by atoms with E-state index in [4.69, 9.17) is 16.3 Å². The van der Waals surface area contributed by atoms with Gasteiger partial charge in [-0.25, -0.2) is 16.3 Å². The van der Waals surface area contributed by atoms with Crippen LogP contribution in [0.15, 0.2) is 77.9 Å². The number of hydrogen-bond donors (Lipinski definition) is 4. The van der Waals surface area contributed by atoms with E-state index >= 15 is 0 Å². The molecule has 1 aliphatic heterocycles. The van der Waals surface area contributed by atoms with Crippen LogP contribution in [0.2, 0.25) is 5.02 Å². The second-order valence-electron chi connectivity index (χ2n) is 7.41. The number of nitrogens with one attached hydrogen (secondary N) is 3. The Balaban J connectivity index is 1.26. The number of nitrogens with zero attached hydrogens (tertiary/aromatic N) is 1. The number of carbonyl (C=O) groups excluding carboxylic acids is 1. The predicted octanol–water partition coefficient (Wildman–Crippen LogP) is 3.68. The number of hydrazone groups is 1. The lowest BCUT2D eigenvalue weighted by Gasteiger charge is -2.11. The third-order valence-electron chi connectivity index (χ3n) is 5.14. The minimum atomic E-state index is -0.428. The average molecular weight is 451 g/mol. The van der Waals surface area contributed by atoms with E-state index in [1.807, 2.05) is 48.5 Å². The van der Waals surface area contributed by atoms with Gasteiger partial charge in [-0.15, -0.1) is 0 Å². The maximum Gasteiger partial charge on any atom is 0.258 e. The number of hydrogen-bond acceptors (Lipinski definition) is 6. The SMILES string of the molecule is O=C(N/N=C/c1ccccc1O)C1CC(c2ccc(OCc3ccc(Cl)cc3)cc2)NN1. The lowest BCUT2D eigenvalue weighted by Crippen LogP contribution is -2.41. The van der Waals surface area contributed by atoms with Gasteiger partial charge in [-0.05, 0) is 53.9 Å². The molecular formula is C24H23ClN4O3. The Morgan fingerprint density at radius 1 is 1.09 bits per heavy atom. The summed E-state index contributed by atoms with van der Waals surface area (Å²) >= 11 is 5.90. The first kappa shape index (κ1) is 21.8. The number of phenols is 1. The van der Waals surface area contributed by atoms with Crippen molar-refractivity contribution in [3.05, 3.63) is 94.5 Å². The van der Waals surface area contributed by atoms with Crippen LogP contribution < -0.4 is 21.0 Å². The summed E-state index contributed by atoms with van der Waals surface area (Å²) in [7, 11) is 0. The monoisotopic (exact) mass is 450 g/mol. The van der Waals surface area contributed by atoms with E-state index in [1.54, 1.807) is 24.3 Å². The minimum absolute atomic E-state index is 0.0155. The number of aromatic hydroxyl groups is 1. The van der Waals surface area contributed by atoms with Crippen molar-refractivity contribution >= 4 is 23.7 Å². The molecule has 0 spiro atoms. The zero-order valence-corrected chi connectivity index (χ0v) is 17.9. The molecule has 7 nitrogen and oxygen atoms in total. The fraction of sp³-hybridized carbons (Fsp3) is 0.167. The third-order valence-corrected chi connectivity index (χ3v) is 5.39. The zero-order chi connectivity index (χ0) is 22.3. The molecule has 1 fully saturated rings. The van der Waals surface area contributed by atoms with Gasteiger partial charge >= 0.3 is 0 Å². The van der Waals surface area contributed by atoms with Crippen molar-refractivity contribution in [1.29, 1.82) is 0 Å². The number of para-hydroxylation sites is 1. The number of benzene rings is 3. The van der Waals surface area contributed by atoms with Crippen LogP contribution in [0.25, 0.3) is 0 Å². The Hall–Kier alpha value is -3.39. The van der Waals surface area contributed by atoms with E-state index in [9.17, 15) is 9.90 Å². The molecule has 1 aliphatic rings. The van der Waals surface area contributed by atoms with E-state index < -0.39 is 6.04 Å². The quantitative estimate of drug-likeness (QED) is 0.325. The molecule has 2 unspecified atom stereocenters. The van der Waals surface area contributed by atoms with Crippen LogP contribution in [0.5, 0.6) is 11.5 Å². The van der Waals surface area contributed by atoms with Gasteiger partial charge in [-0.3, -0.25) is 4.79 Å². The number of hydrazine groups is 1. The largest absolute Gasteiger partial charge is 0.507 e. The molecule has 1 amide bonds. The highest BCUT2D eigenvalue weighted by Gasteiger charge is 2.30. The number of carbonyl (C=O) groups is 1. The van der Waals surface area contributed by atoms with Crippen molar-refractivity contribution in [2.24, 2.45) is 5.10 Å². The molecule has 3 aromatic carbocycles. The Morgan fingerprint density at radius 2 is 1.84 bits per heavy atom. The number of phenolic OH excluding ortho intramolecular Hbond substituents is 1. The van der Waals surface area contributed by atoms with Crippen LogP contribution in [0.4, 0.5) is 0 Å². The molecule has 1 saturated heterocycles. The highest BCUT2D eigenvalue weighted by atomic mass is 35.5. The van der Waals surface area contributed by atoms with E-state index in [1.165, 1.54) is 6.21 Å². The van der Waals surface area contributed by atoms with Gasteiger partial charge in [0, 0.05) is 16.6 Å². The highest BCUT2D eigenvalue weighted by molar-refractivity contribution is 6.30. The van der Waals surface area contributed by atoms with Crippen molar-refractivity contribution in [3.8, 4) is 11.5 Å². The Labute approximate surface area is 191 Å². The summed E-state index contributed by atoms with van der Waals surface area (Å²) in [6.07, 6.45) is 1.98. The average Bonchev–Trinajstić information content (AvgIpc) is 3.31. The number of rotatable bonds is 7. The van der Waals surface area contributed by atoms with Gasteiger partial charge in [0.05, 0.1) is 6.21 Å². The topological polar surface area (TPSA) is 95.0 Å². The van der Waals surface area contributed by atoms with Gasteiger partial charge in [0.2, 0.25) is 0 Å². The second-order valence-corrected chi connectivity index (χ2v) is 7.84. The standard InChI is InChI=1S/C24H23ClN4O3/c25-19-9-5-16(6-10-19)15-32-20-11-7-17(8-12-20)21-13-22(28-27-21)24(31)29-26-14-18-3-1-2-4-23(18)30/h1-12,14,21-22,27-28,30H,13,15H2,(H,29,31)/b26-14+.